The summed E-state index contributed by atoms with van der Waals surface area (Å²) in [5.41, 5.74) is 1.32. The molecular weight excluding hydrogens is 324 g/mol. The van der Waals surface area contributed by atoms with Crippen LogP contribution in [0, 0.1) is 6.92 Å². The number of anilines is 1. The first-order valence-electron chi connectivity index (χ1n) is 6.66. The van der Waals surface area contributed by atoms with Gasteiger partial charge in [-0.1, -0.05) is 29.7 Å². The number of rotatable bonds is 4. The summed E-state index contributed by atoms with van der Waals surface area (Å²) < 4.78 is 0. The maximum Gasteiger partial charge on any atom is 0.269 e. The van der Waals surface area contributed by atoms with Gasteiger partial charge in [0.2, 0.25) is 0 Å². The molecule has 0 aliphatic rings. The average Bonchev–Trinajstić information content (AvgIpc) is 2.89. The highest BCUT2D eigenvalue weighted by Gasteiger charge is 2.11. The Labute approximate surface area is 138 Å². The molecule has 22 heavy (non-hydrogen) atoms. The van der Waals surface area contributed by atoms with E-state index in [-0.39, 0.29) is 17.0 Å². The van der Waals surface area contributed by atoms with Crippen LogP contribution in [-0.4, -0.2) is 31.2 Å². The minimum atomic E-state index is -0.361. The molecule has 9 heteroatoms. The molecule has 116 valence electrons. The normalized spacial score (nSPS) is 10.3. The Morgan fingerprint density at radius 1 is 1.45 bits per heavy atom. The first kappa shape index (κ1) is 16.3. The molecular formula is C13H15ClN6OS. The topological polar surface area (TPSA) is 84.7 Å². The molecule has 2 rings (SSSR count). The lowest BCUT2D eigenvalue weighted by molar-refractivity contribution is 0.0977. The third-order valence-corrected chi connectivity index (χ3v) is 3.37. The minimum absolute atomic E-state index is 0.0951. The number of thiocarbonyl (C=S) groups is 1. The zero-order valence-corrected chi connectivity index (χ0v) is 13.7. The lowest BCUT2D eigenvalue weighted by Gasteiger charge is -2.07. The number of amides is 1. The van der Waals surface area contributed by atoms with Gasteiger partial charge in [-0.15, -0.1) is 5.10 Å². The van der Waals surface area contributed by atoms with Crippen molar-refractivity contribution in [1.82, 2.24) is 25.5 Å². The smallest absolute Gasteiger partial charge is 0.269 e. The van der Waals surface area contributed by atoms with Crippen molar-refractivity contribution >= 4 is 40.8 Å². The molecule has 1 heterocycles. The van der Waals surface area contributed by atoms with Crippen LogP contribution < -0.4 is 10.6 Å². The Bertz CT molecular complexity index is 702. The molecule has 1 aromatic heterocycles. The monoisotopic (exact) mass is 338 g/mol. The molecule has 1 aromatic carbocycles. The second-order valence-electron chi connectivity index (χ2n) is 4.58. The van der Waals surface area contributed by atoms with Crippen molar-refractivity contribution in [2.45, 2.75) is 26.8 Å². The van der Waals surface area contributed by atoms with E-state index in [0.29, 0.717) is 17.1 Å². The number of carbonyl (C=O) groups is 1. The van der Waals surface area contributed by atoms with E-state index in [2.05, 4.69) is 26.0 Å². The van der Waals surface area contributed by atoms with E-state index in [4.69, 9.17) is 23.8 Å². The van der Waals surface area contributed by atoms with Gasteiger partial charge in [-0.05, 0) is 48.5 Å². The number of hydrogen-bond donors (Lipinski definition) is 2. The Kier molecular flexibility index (Phi) is 5.40. The van der Waals surface area contributed by atoms with Crippen LogP contribution in [0.25, 0.3) is 0 Å². The van der Waals surface area contributed by atoms with Crippen molar-refractivity contribution in [3.8, 4) is 0 Å². The molecule has 0 bridgehead atoms. The second-order valence-corrected chi connectivity index (χ2v) is 5.40. The van der Waals surface area contributed by atoms with E-state index in [1.807, 2.05) is 13.8 Å². The van der Waals surface area contributed by atoms with Crippen LogP contribution in [0.5, 0.6) is 0 Å². The van der Waals surface area contributed by atoms with Gasteiger partial charge in [0.1, 0.15) is 0 Å². The summed E-state index contributed by atoms with van der Waals surface area (Å²) in [6.07, 6.45) is 0.894. The Hall–Kier alpha value is -2.06. The van der Waals surface area contributed by atoms with Crippen LogP contribution in [-0.2, 0) is 6.54 Å². The summed E-state index contributed by atoms with van der Waals surface area (Å²) in [6, 6.07) is 5.03. The molecule has 0 saturated heterocycles. The fourth-order valence-electron chi connectivity index (χ4n) is 1.63. The van der Waals surface area contributed by atoms with Crippen molar-refractivity contribution in [3.05, 3.63) is 34.3 Å². The van der Waals surface area contributed by atoms with Crippen LogP contribution in [0.4, 0.5) is 5.95 Å². The first-order valence-corrected chi connectivity index (χ1v) is 7.44. The fraction of sp³-hybridized carbons (Fsp3) is 0.308. The number of benzene rings is 1. The van der Waals surface area contributed by atoms with Crippen LogP contribution in [0.3, 0.4) is 0 Å². The molecule has 0 unspecified atom stereocenters. The van der Waals surface area contributed by atoms with Crippen LogP contribution in [0.1, 0.15) is 29.3 Å². The fourth-order valence-corrected chi connectivity index (χ4v) is 1.99. The van der Waals surface area contributed by atoms with Crippen LogP contribution in [0.15, 0.2) is 18.2 Å². The van der Waals surface area contributed by atoms with E-state index in [0.717, 1.165) is 12.0 Å². The molecule has 2 N–H and O–H groups in total. The van der Waals surface area contributed by atoms with Gasteiger partial charge in [-0.25, -0.2) is 0 Å². The quantitative estimate of drug-likeness (QED) is 0.831. The number of carbonyl (C=O) groups excluding carboxylic acids is 1. The third-order valence-electron chi connectivity index (χ3n) is 2.76. The number of tetrazole rings is 1. The number of nitrogens with zero attached hydrogens (tertiary/aromatic N) is 4. The van der Waals surface area contributed by atoms with Gasteiger partial charge in [0.25, 0.3) is 11.9 Å². The van der Waals surface area contributed by atoms with Gasteiger partial charge in [-0.2, -0.15) is 4.80 Å². The van der Waals surface area contributed by atoms with Gasteiger partial charge in [0.05, 0.1) is 6.54 Å². The van der Waals surface area contributed by atoms with Crippen molar-refractivity contribution in [2.75, 3.05) is 5.32 Å². The molecule has 2 aromatic rings. The molecule has 0 aliphatic carbocycles. The summed E-state index contributed by atoms with van der Waals surface area (Å²) in [6.45, 7) is 4.53. The Morgan fingerprint density at radius 2 is 2.23 bits per heavy atom. The zero-order valence-electron chi connectivity index (χ0n) is 12.1. The van der Waals surface area contributed by atoms with Crippen molar-refractivity contribution in [2.24, 2.45) is 0 Å². The Morgan fingerprint density at radius 3 is 2.91 bits per heavy atom. The van der Waals surface area contributed by atoms with Crippen LogP contribution in [0.2, 0.25) is 5.02 Å². The first-order chi connectivity index (χ1) is 10.5. The highest BCUT2D eigenvalue weighted by atomic mass is 35.5. The lowest BCUT2D eigenvalue weighted by Crippen LogP contribution is -2.34. The van der Waals surface area contributed by atoms with Gasteiger partial charge in [-0.3, -0.25) is 15.4 Å². The molecule has 0 spiro atoms. The second kappa shape index (κ2) is 7.28. The number of nitrogens with one attached hydrogen (secondary N) is 2. The largest absolute Gasteiger partial charge is 0.299 e. The van der Waals surface area contributed by atoms with E-state index < -0.39 is 0 Å². The molecule has 0 atom stereocenters. The Balaban J connectivity index is 1.95. The molecule has 0 fully saturated rings. The highest BCUT2D eigenvalue weighted by molar-refractivity contribution is 7.80. The van der Waals surface area contributed by atoms with Gasteiger partial charge in [0.15, 0.2) is 5.11 Å². The van der Waals surface area contributed by atoms with Gasteiger partial charge in [0, 0.05) is 10.6 Å². The SMILES string of the molecule is CCCn1nnc(NC(=S)NC(=O)c2ccc(C)c(Cl)c2)n1. The third kappa shape index (κ3) is 4.22. The molecule has 0 aliphatic heterocycles. The van der Waals surface area contributed by atoms with Crippen molar-refractivity contribution in [3.63, 3.8) is 0 Å². The van der Waals surface area contributed by atoms with E-state index in [9.17, 15) is 4.79 Å². The predicted octanol–water partition coefficient (Wildman–Crippen LogP) is 2.17. The lowest BCUT2D eigenvalue weighted by atomic mass is 10.1. The molecule has 0 saturated carbocycles. The number of hydrogen-bond acceptors (Lipinski definition) is 5. The number of halogens is 1. The van der Waals surface area contributed by atoms with Gasteiger partial charge < -0.3 is 0 Å². The molecule has 0 radical (unpaired) electrons. The summed E-state index contributed by atoms with van der Waals surface area (Å²) in [5, 5.41) is 17.6. The maximum absolute atomic E-state index is 12.1. The van der Waals surface area contributed by atoms with E-state index >= 15 is 0 Å². The standard InChI is InChI=1S/C13H15ClN6OS/c1-3-6-20-18-12(17-19-20)16-13(22)15-11(21)9-5-4-8(2)10(14)7-9/h4-5,7H,3,6H2,1-2H3,(H2,15,16,18,21,22). The molecule has 1 amide bonds. The predicted molar refractivity (Wildman–Crippen MR) is 88.0 cm³/mol. The number of aromatic nitrogens is 4. The van der Waals surface area contributed by atoms with E-state index in [1.165, 1.54) is 4.80 Å². The maximum atomic E-state index is 12.1. The molecule has 7 nitrogen and oxygen atoms in total. The van der Waals surface area contributed by atoms with E-state index in [1.54, 1.807) is 18.2 Å². The summed E-state index contributed by atoms with van der Waals surface area (Å²) >= 11 is 11.0. The summed E-state index contributed by atoms with van der Waals surface area (Å²) in [7, 11) is 0. The zero-order chi connectivity index (χ0) is 16.1. The van der Waals surface area contributed by atoms with Crippen molar-refractivity contribution in [1.29, 1.82) is 0 Å². The summed E-state index contributed by atoms with van der Waals surface area (Å²) in [4.78, 5) is 13.5. The highest BCUT2D eigenvalue weighted by Crippen LogP contribution is 2.16. The average molecular weight is 339 g/mol. The van der Waals surface area contributed by atoms with Crippen LogP contribution >= 0.6 is 23.8 Å². The van der Waals surface area contributed by atoms with Gasteiger partial charge >= 0.3 is 0 Å². The minimum Gasteiger partial charge on any atom is -0.299 e. The summed E-state index contributed by atoms with van der Waals surface area (Å²) in [5.74, 6) is -0.124. The van der Waals surface area contributed by atoms with Crippen molar-refractivity contribution < 1.29 is 4.79 Å². The number of aryl methyl sites for hydroxylation is 2.